The Hall–Kier alpha value is -2.33. The summed E-state index contributed by atoms with van der Waals surface area (Å²) in [6.45, 7) is 0. The van der Waals surface area contributed by atoms with Crippen LogP contribution in [0.2, 0.25) is 5.02 Å². The van der Waals surface area contributed by atoms with E-state index in [2.05, 4.69) is 0 Å². The largest absolute Gasteiger partial charge is 0.506 e. The minimum Gasteiger partial charge on any atom is -0.506 e. The van der Waals surface area contributed by atoms with Gasteiger partial charge in [-0.15, -0.1) is 0 Å². The molecule has 0 atom stereocenters. The van der Waals surface area contributed by atoms with Gasteiger partial charge in [0.05, 0.1) is 11.4 Å². The molecule has 0 saturated heterocycles. The van der Waals surface area contributed by atoms with E-state index < -0.39 is 12.4 Å². The molecule has 0 aliphatic rings. The molecule has 0 heterocycles. The van der Waals surface area contributed by atoms with Crippen molar-refractivity contribution in [1.29, 1.82) is 0 Å². The predicted octanol–water partition coefficient (Wildman–Crippen LogP) is 2.90. The lowest BCUT2D eigenvalue weighted by Crippen LogP contribution is -2.05. The summed E-state index contributed by atoms with van der Waals surface area (Å²) >= 11 is 5.84. The summed E-state index contributed by atoms with van der Waals surface area (Å²) in [4.78, 5) is 23.0. The van der Waals surface area contributed by atoms with E-state index in [1.54, 1.807) is 30.3 Å². The van der Waals surface area contributed by atoms with Crippen LogP contribution in [-0.4, -0.2) is 22.0 Å². The highest BCUT2D eigenvalue weighted by Gasteiger charge is 2.16. The maximum absolute atomic E-state index is 12.3. The van der Waals surface area contributed by atoms with Gasteiger partial charge in [-0.2, -0.15) is 0 Å². The number of carbonyl (C=O) groups excluding carboxylic acids is 1. The molecule has 5 heteroatoms. The van der Waals surface area contributed by atoms with E-state index >= 15 is 0 Å². The molecule has 0 amide bonds. The lowest BCUT2D eigenvalue weighted by atomic mass is 9.99. The van der Waals surface area contributed by atoms with Crippen molar-refractivity contribution in [1.82, 2.24) is 0 Å². The molecule has 0 aromatic heterocycles. The molecule has 0 saturated carbocycles. The van der Waals surface area contributed by atoms with Crippen molar-refractivity contribution in [2.75, 3.05) is 0 Å². The van der Waals surface area contributed by atoms with Crippen LogP contribution < -0.4 is 0 Å². The molecule has 0 radical (unpaired) electrons. The Morgan fingerprint density at radius 2 is 1.70 bits per heavy atom. The zero-order chi connectivity index (χ0) is 14.7. The van der Waals surface area contributed by atoms with Crippen molar-refractivity contribution in [2.45, 2.75) is 6.42 Å². The summed E-state index contributed by atoms with van der Waals surface area (Å²) in [6, 6.07) is 11.2. The Balaban J connectivity index is 2.45. The van der Waals surface area contributed by atoms with Crippen molar-refractivity contribution in [3.05, 3.63) is 64.2 Å². The highest BCUT2D eigenvalue weighted by atomic mass is 35.5. The van der Waals surface area contributed by atoms with Crippen molar-refractivity contribution < 1.29 is 19.8 Å². The second-order valence-corrected chi connectivity index (χ2v) is 4.64. The van der Waals surface area contributed by atoms with Crippen molar-refractivity contribution in [3.63, 3.8) is 0 Å². The molecule has 0 fully saturated rings. The van der Waals surface area contributed by atoms with Crippen LogP contribution >= 0.6 is 11.6 Å². The maximum Gasteiger partial charge on any atom is 0.307 e. The van der Waals surface area contributed by atoms with Crippen LogP contribution in [0.25, 0.3) is 0 Å². The molecule has 0 aliphatic heterocycles. The number of ketones is 1. The van der Waals surface area contributed by atoms with Crippen LogP contribution in [0.3, 0.4) is 0 Å². The fourth-order valence-electron chi connectivity index (χ4n) is 1.84. The van der Waals surface area contributed by atoms with E-state index in [-0.39, 0.29) is 27.7 Å². The van der Waals surface area contributed by atoms with Crippen molar-refractivity contribution in [2.24, 2.45) is 0 Å². The highest BCUT2D eigenvalue weighted by Crippen LogP contribution is 2.30. The number of carboxylic acids is 1. The van der Waals surface area contributed by atoms with Gasteiger partial charge >= 0.3 is 5.97 Å². The van der Waals surface area contributed by atoms with Crippen LogP contribution in [0, 0.1) is 0 Å². The van der Waals surface area contributed by atoms with Crippen LogP contribution in [-0.2, 0) is 11.2 Å². The first kappa shape index (κ1) is 14.1. The predicted molar refractivity (Wildman–Crippen MR) is 74.3 cm³/mol. The quantitative estimate of drug-likeness (QED) is 0.849. The number of rotatable bonds is 4. The number of aliphatic carboxylic acids is 1. The third-order valence-electron chi connectivity index (χ3n) is 2.78. The van der Waals surface area contributed by atoms with Crippen LogP contribution in [0.5, 0.6) is 5.75 Å². The van der Waals surface area contributed by atoms with E-state index in [0.29, 0.717) is 5.56 Å². The second kappa shape index (κ2) is 5.75. The number of phenols is 1. The number of aromatic hydroxyl groups is 1. The number of carbonyl (C=O) groups is 2. The fraction of sp³-hybridized carbons (Fsp3) is 0.0667. The SMILES string of the molecule is O=C(O)Cc1cc(C(=O)c2ccccc2)cc(Cl)c1O. The number of carboxylic acid groups (broad SMARTS) is 1. The van der Waals surface area contributed by atoms with Gasteiger partial charge in [-0.1, -0.05) is 41.9 Å². The first-order chi connectivity index (χ1) is 9.49. The summed E-state index contributed by atoms with van der Waals surface area (Å²) in [5.74, 6) is -1.70. The van der Waals surface area contributed by atoms with Gasteiger partial charge in [0.2, 0.25) is 0 Å². The first-order valence-corrected chi connectivity index (χ1v) is 6.19. The molecule has 102 valence electrons. The van der Waals surface area contributed by atoms with E-state index in [0.717, 1.165) is 0 Å². The smallest absolute Gasteiger partial charge is 0.307 e. The van der Waals surface area contributed by atoms with Gasteiger partial charge in [0.25, 0.3) is 0 Å². The molecule has 2 rings (SSSR count). The molecule has 20 heavy (non-hydrogen) atoms. The van der Waals surface area contributed by atoms with Gasteiger partial charge < -0.3 is 10.2 Å². The Bertz CT molecular complexity index is 665. The average Bonchev–Trinajstić information content (AvgIpc) is 2.43. The molecular formula is C15H11ClO4. The minimum atomic E-state index is -1.11. The van der Waals surface area contributed by atoms with Crippen LogP contribution in [0.4, 0.5) is 0 Å². The molecule has 4 nitrogen and oxygen atoms in total. The summed E-state index contributed by atoms with van der Waals surface area (Å²) in [6.07, 6.45) is -0.401. The first-order valence-electron chi connectivity index (χ1n) is 5.82. The lowest BCUT2D eigenvalue weighted by Gasteiger charge is -2.08. The van der Waals surface area contributed by atoms with Crippen LogP contribution in [0.1, 0.15) is 21.5 Å². The van der Waals surface area contributed by atoms with Gasteiger partial charge in [0.1, 0.15) is 5.75 Å². The normalized spacial score (nSPS) is 10.2. The molecule has 0 unspecified atom stereocenters. The summed E-state index contributed by atoms with van der Waals surface area (Å²) in [5.41, 5.74) is 0.829. The van der Waals surface area contributed by atoms with E-state index in [4.69, 9.17) is 16.7 Å². The molecule has 2 N–H and O–H groups in total. The van der Waals surface area contributed by atoms with E-state index in [1.807, 2.05) is 0 Å². The van der Waals surface area contributed by atoms with Gasteiger partial charge in [0.15, 0.2) is 5.78 Å². The summed E-state index contributed by atoms with van der Waals surface area (Å²) < 4.78 is 0. The lowest BCUT2D eigenvalue weighted by molar-refractivity contribution is -0.136. The number of benzene rings is 2. The maximum atomic E-state index is 12.3. The van der Waals surface area contributed by atoms with E-state index in [9.17, 15) is 14.7 Å². The van der Waals surface area contributed by atoms with Gasteiger partial charge in [-0.05, 0) is 12.1 Å². The second-order valence-electron chi connectivity index (χ2n) is 4.23. The third-order valence-corrected chi connectivity index (χ3v) is 3.07. The highest BCUT2D eigenvalue weighted by molar-refractivity contribution is 6.32. The topological polar surface area (TPSA) is 74.6 Å². The zero-order valence-corrected chi connectivity index (χ0v) is 11.1. The van der Waals surface area contributed by atoms with Gasteiger partial charge in [-0.3, -0.25) is 9.59 Å². The van der Waals surface area contributed by atoms with Gasteiger partial charge in [-0.25, -0.2) is 0 Å². The number of halogens is 1. The van der Waals surface area contributed by atoms with Gasteiger partial charge in [0, 0.05) is 16.7 Å². The Labute approximate surface area is 120 Å². The Kier molecular flexibility index (Phi) is 4.05. The van der Waals surface area contributed by atoms with E-state index in [1.165, 1.54) is 12.1 Å². The van der Waals surface area contributed by atoms with Crippen molar-refractivity contribution >= 4 is 23.4 Å². The summed E-state index contributed by atoms with van der Waals surface area (Å²) in [5, 5.41) is 18.5. The monoisotopic (exact) mass is 290 g/mol. The van der Waals surface area contributed by atoms with Crippen molar-refractivity contribution in [3.8, 4) is 5.75 Å². The molecular weight excluding hydrogens is 280 g/mol. The molecule has 0 spiro atoms. The standard InChI is InChI=1S/C15H11ClO4/c16-12-7-10(6-11(15(12)20)8-13(17)18)14(19)9-4-2-1-3-5-9/h1-7,20H,8H2,(H,17,18). The number of phenolic OH excluding ortho intramolecular Hbond substituents is 1. The molecule has 2 aromatic carbocycles. The fourth-order valence-corrected chi connectivity index (χ4v) is 2.08. The third kappa shape index (κ3) is 2.97. The molecule has 0 bridgehead atoms. The molecule has 0 aliphatic carbocycles. The Morgan fingerprint density at radius 3 is 2.30 bits per heavy atom. The average molecular weight is 291 g/mol. The molecule has 2 aromatic rings. The number of hydrogen-bond donors (Lipinski definition) is 2. The Morgan fingerprint density at radius 1 is 1.05 bits per heavy atom. The zero-order valence-electron chi connectivity index (χ0n) is 10.3. The minimum absolute atomic E-state index is 0.0389. The van der Waals surface area contributed by atoms with Crippen LogP contribution in [0.15, 0.2) is 42.5 Å². The summed E-state index contributed by atoms with van der Waals surface area (Å²) in [7, 11) is 0. The number of hydrogen-bond acceptors (Lipinski definition) is 3.